The number of nitrogens with one attached hydrogen (secondary N) is 1. The molecule has 1 fully saturated rings. The fourth-order valence-corrected chi connectivity index (χ4v) is 3.76. The lowest BCUT2D eigenvalue weighted by molar-refractivity contribution is -0.130. The maximum absolute atomic E-state index is 13.1. The predicted molar refractivity (Wildman–Crippen MR) is 102 cm³/mol. The van der Waals surface area contributed by atoms with Crippen LogP contribution in [0.1, 0.15) is 53.0 Å². The second-order valence-electron chi connectivity index (χ2n) is 7.24. The summed E-state index contributed by atoms with van der Waals surface area (Å²) in [6.45, 7) is 5.37. The number of ether oxygens (including phenoxy) is 1. The van der Waals surface area contributed by atoms with E-state index in [2.05, 4.69) is 10.3 Å². The van der Waals surface area contributed by atoms with Crippen LogP contribution in [0.5, 0.6) is 0 Å². The molecule has 3 rings (SSSR count). The number of imidazole rings is 1. The number of methoxy groups -OCH3 is 1. The molecule has 1 aromatic heterocycles. The van der Waals surface area contributed by atoms with Crippen LogP contribution in [0.3, 0.4) is 0 Å². The molecule has 2 aliphatic heterocycles. The number of amides is 3. The number of hydrogen-bond donors (Lipinski definition) is 1. The average molecular weight is 391 g/mol. The summed E-state index contributed by atoms with van der Waals surface area (Å²) in [4.78, 5) is 45.1. The van der Waals surface area contributed by atoms with Crippen LogP contribution in [0.15, 0.2) is 0 Å². The summed E-state index contributed by atoms with van der Waals surface area (Å²) in [6.07, 6.45) is 3.43. The van der Waals surface area contributed by atoms with Crippen LogP contribution in [0.25, 0.3) is 0 Å². The first-order valence-corrected chi connectivity index (χ1v) is 9.94. The van der Waals surface area contributed by atoms with Gasteiger partial charge in [-0.3, -0.25) is 14.4 Å². The lowest BCUT2D eigenvalue weighted by atomic mass is 10.1. The molecule has 1 saturated heterocycles. The quantitative estimate of drug-likeness (QED) is 0.703. The third kappa shape index (κ3) is 4.35. The molecule has 0 radical (unpaired) electrons. The van der Waals surface area contributed by atoms with Gasteiger partial charge in [0, 0.05) is 59.9 Å². The Hall–Kier alpha value is -2.42. The van der Waals surface area contributed by atoms with Crippen molar-refractivity contribution >= 4 is 17.7 Å². The zero-order chi connectivity index (χ0) is 20.1. The summed E-state index contributed by atoms with van der Waals surface area (Å²) in [7, 11) is 1.63. The first-order valence-electron chi connectivity index (χ1n) is 9.94. The molecule has 0 saturated carbocycles. The molecule has 154 valence electrons. The van der Waals surface area contributed by atoms with Crippen LogP contribution >= 0.6 is 0 Å². The highest BCUT2D eigenvalue weighted by molar-refractivity contribution is 5.97. The van der Waals surface area contributed by atoms with Crippen LogP contribution < -0.4 is 5.32 Å². The zero-order valence-electron chi connectivity index (χ0n) is 16.7. The van der Waals surface area contributed by atoms with Gasteiger partial charge in [-0.15, -0.1) is 0 Å². The molecule has 3 amide bonds. The van der Waals surface area contributed by atoms with Gasteiger partial charge in [0.1, 0.15) is 5.69 Å². The van der Waals surface area contributed by atoms with Crippen LogP contribution in [0.2, 0.25) is 0 Å². The fourth-order valence-electron chi connectivity index (χ4n) is 3.76. The van der Waals surface area contributed by atoms with Crippen molar-refractivity contribution in [3.05, 3.63) is 17.2 Å². The Bertz CT molecular complexity index is 737. The van der Waals surface area contributed by atoms with E-state index in [9.17, 15) is 14.4 Å². The fraction of sp³-hybridized carbons (Fsp3) is 0.684. The van der Waals surface area contributed by atoms with Crippen molar-refractivity contribution in [2.45, 2.75) is 39.2 Å². The van der Waals surface area contributed by atoms with Crippen LogP contribution in [-0.2, 0) is 22.5 Å². The summed E-state index contributed by atoms with van der Waals surface area (Å²) in [5.41, 5.74) is 1.24. The number of hydrogen-bond acceptors (Lipinski definition) is 5. The molecular formula is C19H29N5O4. The predicted octanol–water partition coefficient (Wildman–Crippen LogP) is 0.290. The third-order valence-electron chi connectivity index (χ3n) is 5.35. The number of fused-ring (bicyclic) bond motifs is 1. The second kappa shape index (κ2) is 9.18. The average Bonchev–Trinajstić information content (AvgIpc) is 3.10. The van der Waals surface area contributed by atoms with E-state index < -0.39 is 0 Å². The lowest BCUT2D eigenvalue weighted by Gasteiger charge is -2.34. The molecule has 1 aromatic rings. The molecule has 9 nitrogen and oxygen atoms in total. The van der Waals surface area contributed by atoms with Crippen molar-refractivity contribution in [3.8, 4) is 0 Å². The summed E-state index contributed by atoms with van der Waals surface area (Å²) >= 11 is 0. The summed E-state index contributed by atoms with van der Waals surface area (Å²) in [6, 6.07) is 0. The van der Waals surface area contributed by atoms with E-state index in [4.69, 9.17) is 4.74 Å². The first kappa shape index (κ1) is 20.3. The molecule has 0 atom stereocenters. The molecule has 0 unspecified atom stereocenters. The molecule has 3 heterocycles. The standard InChI is InChI=1S/C19H29N5O4/c1-14(25)22-9-11-23(12-10-22)19(27)16-15-6-3-4-8-24(15)17(21-16)18(26)20-7-5-13-28-2/h3-13H2,1-2H3,(H,20,26). The molecule has 0 spiro atoms. The minimum absolute atomic E-state index is 0.0268. The molecule has 0 aromatic carbocycles. The van der Waals surface area contributed by atoms with E-state index >= 15 is 0 Å². The highest BCUT2D eigenvalue weighted by atomic mass is 16.5. The van der Waals surface area contributed by atoms with Gasteiger partial charge in [-0.1, -0.05) is 0 Å². The molecule has 2 aliphatic rings. The molecular weight excluding hydrogens is 362 g/mol. The van der Waals surface area contributed by atoms with E-state index in [-0.39, 0.29) is 17.7 Å². The lowest BCUT2D eigenvalue weighted by Crippen LogP contribution is -2.50. The SMILES string of the molecule is COCCCNC(=O)c1nc(C(=O)N2CCN(C(C)=O)CC2)c2n1CCCC2. The van der Waals surface area contributed by atoms with Crippen molar-refractivity contribution in [2.24, 2.45) is 0 Å². The summed E-state index contributed by atoms with van der Waals surface area (Å²) in [5, 5.41) is 2.86. The van der Waals surface area contributed by atoms with E-state index in [1.165, 1.54) is 0 Å². The maximum atomic E-state index is 13.1. The van der Waals surface area contributed by atoms with E-state index in [1.54, 1.807) is 23.8 Å². The number of piperazine rings is 1. The highest BCUT2D eigenvalue weighted by Gasteiger charge is 2.31. The minimum Gasteiger partial charge on any atom is -0.385 e. The minimum atomic E-state index is -0.250. The van der Waals surface area contributed by atoms with Crippen LogP contribution in [0, 0.1) is 0 Å². The van der Waals surface area contributed by atoms with E-state index in [0.29, 0.717) is 57.4 Å². The molecule has 1 N–H and O–H groups in total. The Labute approximate surface area is 165 Å². The molecule has 28 heavy (non-hydrogen) atoms. The van der Waals surface area contributed by atoms with Gasteiger partial charge in [0.05, 0.1) is 5.69 Å². The number of rotatable bonds is 6. The van der Waals surface area contributed by atoms with E-state index in [1.807, 2.05) is 4.57 Å². The van der Waals surface area contributed by atoms with Gasteiger partial charge in [-0.25, -0.2) is 4.98 Å². The van der Waals surface area contributed by atoms with Crippen molar-refractivity contribution in [3.63, 3.8) is 0 Å². The Morgan fingerprint density at radius 2 is 1.79 bits per heavy atom. The largest absolute Gasteiger partial charge is 0.385 e. The number of carbonyl (C=O) groups is 3. The first-order chi connectivity index (χ1) is 13.5. The normalized spacial score (nSPS) is 16.6. The molecule has 0 aliphatic carbocycles. The Morgan fingerprint density at radius 1 is 1.07 bits per heavy atom. The number of nitrogens with zero attached hydrogens (tertiary/aromatic N) is 4. The number of carbonyl (C=O) groups excluding carboxylic acids is 3. The highest BCUT2D eigenvalue weighted by Crippen LogP contribution is 2.23. The molecule has 0 bridgehead atoms. The monoisotopic (exact) mass is 391 g/mol. The molecule has 9 heteroatoms. The zero-order valence-corrected chi connectivity index (χ0v) is 16.7. The number of aromatic nitrogens is 2. The van der Waals surface area contributed by atoms with Gasteiger partial charge in [0.15, 0.2) is 5.82 Å². The summed E-state index contributed by atoms with van der Waals surface area (Å²) < 4.78 is 6.90. The van der Waals surface area contributed by atoms with E-state index in [0.717, 1.165) is 31.4 Å². The van der Waals surface area contributed by atoms with Gasteiger partial charge in [0.2, 0.25) is 5.91 Å². The van der Waals surface area contributed by atoms with Gasteiger partial charge in [-0.2, -0.15) is 0 Å². The van der Waals surface area contributed by atoms with Crippen molar-refractivity contribution in [2.75, 3.05) is 46.4 Å². The van der Waals surface area contributed by atoms with Crippen molar-refractivity contribution < 1.29 is 19.1 Å². The maximum Gasteiger partial charge on any atom is 0.287 e. The van der Waals surface area contributed by atoms with Gasteiger partial charge in [-0.05, 0) is 25.7 Å². The second-order valence-corrected chi connectivity index (χ2v) is 7.24. The van der Waals surface area contributed by atoms with Crippen LogP contribution in [-0.4, -0.2) is 83.5 Å². The Kier molecular flexibility index (Phi) is 6.66. The summed E-state index contributed by atoms with van der Waals surface area (Å²) in [5.74, 6) is -0.0521. The van der Waals surface area contributed by atoms with Gasteiger partial charge >= 0.3 is 0 Å². The topological polar surface area (TPSA) is 96.8 Å². The Morgan fingerprint density at radius 3 is 2.46 bits per heavy atom. The smallest absolute Gasteiger partial charge is 0.287 e. The Balaban J connectivity index is 1.74. The van der Waals surface area contributed by atoms with Crippen molar-refractivity contribution in [1.29, 1.82) is 0 Å². The van der Waals surface area contributed by atoms with Crippen molar-refractivity contribution in [1.82, 2.24) is 24.7 Å². The third-order valence-corrected chi connectivity index (χ3v) is 5.35. The van der Waals surface area contributed by atoms with Gasteiger partial charge in [0.25, 0.3) is 11.8 Å². The van der Waals surface area contributed by atoms with Crippen LogP contribution in [0.4, 0.5) is 0 Å². The van der Waals surface area contributed by atoms with Gasteiger partial charge < -0.3 is 24.4 Å².